The number of esters is 1. The fraction of sp³-hybridized carbons (Fsp3) is 0.333. The minimum atomic E-state index is -3.91. The average Bonchev–Trinajstić information content (AvgIpc) is 2.60. The molecule has 29 heavy (non-hydrogen) atoms. The quantitative estimate of drug-likeness (QED) is 0.673. The van der Waals surface area contributed by atoms with Gasteiger partial charge < -0.3 is 10.1 Å². The van der Waals surface area contributed by atoms with Crippen LogP contribution in [0.5, 0.6) is 0 Å². The molecule has 0 radical (unpaired) electrons. The number of carbonyl (C=O) groups excluding carboxylic acids is 2. The van der Waals surface area contributed by atoms with Gasteiger partial charge in [0.25, 0.3) is 15.9 Å². The molecule has 0 saturated carbocycles. The number of anilines is 1. The molecule has 2 rings (SSSR count). The predicted molar refractivity (Wildman–Crippen MR) is 111 cm³/mol. The number of hydrogen-bond donors (Lipinski definition) is 2. The Morgan fingerprint density at radius 3 is 2.31 bits per heavy atom. The summed E-state index contributed by atoms with van der Waals surface area (Å²) in [7, 11) is -3.91. The van der Waals surface area contributed by atoms with Crippen LogP contribution >= 0.6 is 0 Å². The molecule has 0 aromatic heterocycles. The SMILES string of the molecule is Cc1cccc(NS(=O)(=O)c2cc(C(=O)O[C@@H](C)C(=O)NC(C)C)ccc2C)c1. The fourth-order valence-electron chi connectivity index (χ4n) is 2.62. The van der Waals surface area contributed by atoms with Crippen LogP contribution in [0.15, 0.2) is 47.4 Å². The largest absolute Gasteiger partial charge is 0.449 e. The maximum absolute atomic E-state index is 12.8. The lowest BCUT2D eigenvalue weighted by molar-refractivity contribution is -0.129. The molecule has 0 spiro atoms. The van der Waals surface area contributed by atoms with Crippen molar-refractivity contribution >= 4 is 27.6 Å². The molecule has 0 heterocycles. The second-order valence-electron chi connectivity index (χ2n) is 7.17. The molecule has 2 aromatic rings. The molecule has 0 unspecified atom stereocenters. The fourth-order valence-corrected chi connectivity index (χ4v) is 3.94. The Morgan fingerprint density at radius 1 is 1.00 bits per heavy atom. The monoisotopic (exact) mass is 418 g/mol. The van der Waals surface area contributed by atoms with E-state index >= 15 is 0 Å². The first-order chi connectivity index (χ1) is 13.5. The third-order valence-electron chi connectivity index (χ3n) is 4.07. The van der Waals surface area contributed by atoms with Crippen molar-refractivity contribution < 1.29 is 22.7 Å². The van der Waals surface area contributed by atoms with Gasteiger partial charge >= 0.3 is 5.97 Å². The standard InChI is InChI=1S/C21H26N2O5S/c1-13(2)22-20(24)16(5)28-21(25)17-10-9-15(4)19(12-17)29(26,27)23-18-8-6-7-14(3)11-18/h6-13,16,23H,1-5H3,(H,22,24)/t16-/m0/s1. The second-order valence-corrected chi connectivity index (χ2v) is 8.82. The molecule has 0 aliphatic heterocycles. The van der Waals surface area contributed by atoms with Crippen molar-refractivity contribution in [1.82, 2.24) is 5.32 Å². The smallest absolute Gasteiger partial charge is 0.338 e. The van der Waals surface area contributed by atoms with E-state index in [0.717, 1.165) is 5.56 Å². The van der Waals surface area contributed by atoms with Gasteiger partial charge in [-0.05, 0) is 70.0 Å². The lowest BCUT2D eigenvalue weighted by atomic mass is 10.1. The Hall–Kier alpha value is -2.87. The van der Waals surface area contributed by atoms with Gasteiger partial charge in [-0.1, -0.05) is 18.2 Å². The van der Waals surface area contributed by atoms with Gasteiger partial charge in [-0.15, -0.1) is 0 Å². The summed E-state index contributed by atoms with van der Waals surface area (Å²) in [6.45, 7) is 8.55. The third kappa shape index (κ3) is 6.05. The normalized spacial score (nSPS) is 12.3. The van der Waals surface area contributed by atoms with E-state index in [0.29, 0.717) is 11.3 Å². The molecule has 2 N–H and O–H groups in total. The Bertz CT molecular complexity index is 1020. The summed E-state index contributed by atoms with van der Waals surface area (Å²) in [6, 6.07) is 11.1. The second kappa shape index (κ2) is 9.09. The van der Waals surface area contributed by atoms with Crippen LogP contribution in [0.1, 0.15) is 42.3 Å². The molecular formula is C21H26N2O5S. The number of hydrogen-bond acceptors (Lipinski definition) is 5. The van der Waals surface area contributed by atoms with Gasteiger partial charge in [-0.2, -0.15) is 0 Å². The molecule has 2 aromatic carbocycles. The van der Waals surface area contributed by atoms with Crippen LogP contribution in [0.2, 0.25) is 0 Å². The Morgan fingerprint density at radius 2 is 1.69 bits per heavy atom. The van der Waals surface area contributed by atoms with Crippen molar-refractivity contribution in [2.24, 2.45) is 0 Å². The van der Waals surface area contributed by atoms with Crippen LogP contribution in [0.4, 0.5) is 5.69 Å². The van der Waals surface area contributed by atoms with E-state index in [1.807, 2.05) is 13.0 Å². The molecule has 0 bridgehead atoms. The molecule has 0 saturated heterocycles. The number of benzene rings is 2. The molecule has 8 heteroatoms. The summed E-state index contributed by atoms with van der Waals surface area (Å²) in [5.74, 6) is -1.20. The van der Waals surface area contributed by atoms with Gasteiger partial charge in [0.15, 0.2) is 6.10 Å². The van der Waals surface area contributed by atoms with Gasteiger partial charge in [0.1, 0.15) is 0 Å². The average molecular weight is 419 g/mol. The molecule has 156 valence electrons. The first kappa shape index (κ1) is 22.4. The van der Waals surface area contributed by atoms with E-state index in [2.05, 4.69) is 10.0 Å². The van der Waals surface area contributed by atoms with E-state index in [1.54, 1.807) is 39.0 Å². The summed E-state index contributed by atoms with van der Waals surface area (Å²) in [5.41, 5.74) is 1.86. The van der Waals surface area contributed by atoms with E-state index in [4.69, 9.17) is 4.74 Å². The number of nitrogens with one attached hydrogen (secondary N) is 2. The zero-order valence-corrected chi connectivity index (χ0v) is 18.0. The summed E-state index contributed by atoms with van der Waals surface area (Å²) >= 11 is 0. The topological polar surface area (TPSA) is 102 Å². The maximum atomic E-state index is 12.8. The molecule has 0 fully saturated rings. The van der Waals surface area contributed by atoms with Crippen LogP contribution in [-0.2, 0) is 19.6 Å². The minimum Gasteiger partial charge on any atom is -0.449 e. The van der Waals surface area contributed by atoms with Crippen molar-refractivity contribution in [2.75, 3.05) is 4.72 Å². The van der Waals surface area contributed by atoms with Crippen molar-refractivity contribution in [3.63, 3.8) is 0 Å². The van der Waals surface area contributed by atoms with E-state index < -0.39 is 28.0 Å². The third-order valence-corrected chi connectivity index (χ3v) is 5.59. The molecular weight excluding hydrogens is 392 g/mol. The van der Waals surface area contributed by atoms with Crippen molar-refractivity contribution in [3.05, 3.63) is 59.2 Å². The highest BCUT2D eigenvalue weighted by molar-refractivity contribution is 7.92. The molecule has 0 aliphatic carbocycles. The first-order valence-corrected chi connectivity index (χ1v) is 10.7. The summed E-state index contributed by atoms with van der Waals surface area (Å²) in [6.07, 6.45) is -1.00. The summed E-state index contributed by atoms with van der Waals surface area (Å²) < 4.78 is 33.4. The van der Waals surface area contributed by atoms with Crippen LogP contribution in [0.3, 0.4) is 0 Å². The minimum absolute atomic E-state index is 0.0345. The zero-order chi connectivity index (χ0) is 21.8. The highest BCUT2D eigenvalue weighted by Crippen LogP contribution is 2.22. The van der Waals surface area contributed by atoms with Crippen LogP contribution in [-0.4, -0.2) is 32.4 Å². The van der Waals surface area contributed by atoms with Crippen LogP contribution in [0, 0.1) is 13.8 Å². The molecule has 7 nitrogen and oxygen atoms in total. The highest BCUT2D eigenvalue weighted by atomic mass is 32.2. The lowest BCUT2D eigenvalue weighted by Gasteiger charge is -2.16. The molecule has 1 atom stereocenters. The first-order valence-electron chi connectivity index (χ1n) is 9.21. The number of aryl methyl sites for hydroxylation is 2. The Balaban J connectivity index is 2.24. The maximum Gasteiger partial charge on any atom is 0.338 e. The van der Waals surface area contributed by atoms with Gasteiger partial charge in [0.2, 0.25) is 0 Å². The van der Waals surface area contributed by atoms with Crippen LogP contribution in [0.25, 0.3) is 0 Å². The van der Waals surface area contributed by atoms with Gasteiger partial charge in [0, 0.05) is 11.7 Å². The number of amides is 1. The zero-order valence-electron chi connectivity index (χ0n) is 17.1. The van der Waals surface area contributed by atoms with Gasteiger partial charge in [-0.25, -0.2) is 13.2 Å². The van der Waals surface area contributed by atoms with Gasteiger partial charge in [0.05, 0.1) is 10.5 Å². The number of sulfonamides is 1. The number of ether oxygens (including phenoxy) is 1. The Kier molecular flexibility index (Phi) is 7.02. The van der Waals surface area contributed by atoms with Crippen molar-refractivity contribution in [3.8, 4) is 0 Å². The number of rotatable bonds is 7. The predicted octanol–water partition coefficient (Wildman–Crippen LogP) is 3.17. The highest BCUT2D eigenvalue weighted by Gasteiger charge is 2.23. The Labute approximate surface area is 171 Å². The molecule has 0 aliphatic rings. The van der Waals surface area contributed by atoms with Crippen molar-refractivity contribution in [1.29, 1.82) is 0 Å². The van der Waals surface area contributed by atoms with Crippen LogP contribution < -0.4 is 10.0 Å². The van der Waals surface area contributed by atoms with E-state index in [1.165, 1.54) is 25.1 Å². The van der Waals surface area contributed by atoms with Gasteiger partial charge in [-0.3, -0.25) is 9.52 Å². The molecule has 1 amide bonds. The van der Waals surface area contributed by atoms with E-state index in [9.17, 15) is 18.0 Å². The summed E-state index contributed by atoms with van der Waals surface area (Å²) in [5, 5.41) is 2.65. The van der Waals surface area contributed by atoms with Crippen molar-refractivity contribution in [2.45, 2.75) is 51.7 Å². The number of carbonyl (C=O) groups is 2. The summed E-state index contributed by atoms with van der Waals surface area (Å²) in [4.78, 5) is 24.3. The lowest BCUT2D eigenvalue weighted by Crippen LogP contribution is -2.39. The van der Waals surface area contributed by atoms with E-state index in [-0.39, 0.29) is 16.5 Å².